The average molecular weight is 306 g/mol. The van der Waals surface area contributed by atoms with Gasteiger partial charge in [-0.15, -0.1) is 0 Å². The SMILES string of the molecule is CCCCCCNC(=O)c1ccc(OCCCCC)c(N)c1. The van der Waals surface area contributed by atoms with Crippen LogP contribution in [-0.2, 0) is 0 Å². The summed E-state index contributed by atoms with van der Waals surface area (Å²) >= 11 is 0. The van der Waals surface area contributed by atoms with Gasteiger partial charge in [-0.1, -0.05) is 46.0 Å². The molecule has 1 rings (SSSR count). The molecule has 0 aliphatic carbocycles. The highest BCUT2D eigenvalue weighted by atomic mass is 16.5. The number of nitrogens with two attached hydrogens (primary N) is 1. The molecule has 1 aromatic carbocycles. The first-order valence-electron chi connectivity index (χ1n) is 8.49. The van der Waals surface area contributed by atoms with Crippen molar-refractivity contribution in [3.63, 3.8) is 0 Å². The first kappa shape index (κ1) is 18.3. The molecule has 0 aliphatic heterocycles. The maximum atomic E-state index is 12.0. The van der Waals surface area contributed by atoms with E-state index in [-0.39, 0.29) is 5.91 Å². The number of ether oxygens (including phenoxy) is 1. The molecule has 1 amide bonds. The quantitative estimate of drug-likeness (QED) is 0.477. The van der Waals surface area contributed by atoms with Gasteiger partial charge in [0.1, 0.15) is 5.75 Å². The lowest BCUT2D eigenvalue weighted by Gasteiger charge is -2.10. The van der Waals surface area contributed by atoms with Crippen molar-refractivity contribution in [1.29, 1.82) is 0 Å². The van der Waals surface area contributed by atoms with Crippen LogP contribution in [0.15, 0.2) is 18.2 Å². The molecule has 22 heavy (non-hydrogen) atoms. The molecule has 124 valence electrons. The lowest BCUT2D eigenvalue weighted by molar-refractivity contribution is 0.0953. The van der Waals surface area contributed by atoms with Gasteiger partial charge in [0.25, 0.3) is 5.91 Å². The van der Waals surface area contributed by atoms with Crippen LogP contribution in [0.2, 0.25) is 0 Å². The van der Waals surface area contributed by atoms with Crippen LogP contribution < -0.4 is 15.8 Å². The number of nitrogen functional groups attached to an aromatic ring is 1. The van der Waals surface area contributed by atoms with Gasteiger partial charge in [-0.05, 0) is 31.0 Å². The van der Waals surface area contributed by atoms with E-state index in [0.717, 1.165) is 32.1 Å². The van der Waals surface area contributed by atoms with Gasteiger partial charge in [-0.2, -0.15) is 0 Å². The number of benzene rings is 1. The molecule has 1 aromatic rings. The van der Waals surface area contributed by atoms with Crippen LogP contribution in [0.25, 0.3) is 0 Å². The fourth-order valence-electron chi connectivity index (χ4n) is 2.21. The second-order valence-electron chi connectivity index (χ2n) is 5.62. The molecule has 0 atom stereocenters. The molecule has 0 radical (unpaired) electrons. The molecule has 0 fully saturated rings. The van der Waals surface area contributed by atoms with E-state index in [4.69, 9.17) is 10.5 Å². The van der Waals surface area contributed by atoms with Crippen molar-refractivity contribution in [2.45, 2.75) is 58.8 Å². The van der Waals surface area contributed by atoms with E-state index in [1.807, 2.05) is 0 Å². The number of nitrogens with one attached hydrogen (secondary N) is 1. The predicted molar refractivity (Wildman–Crippen MR) is 92.3 cm³/mol. The van der Waals surface area contributed by atoms with E-state index >= 15 is 0 Å². The Kier molecular flexibility index (Phi) is 9.12. The number of hydrogen-bond acceptors (Lipinski definition) is 3. The van der Waals surface area contributed by atoms with Crippen LogP contribution >= 0.6 is 0 Å². The summed E-state index contributed by atoms with van der Waals surface area (Å²) in [5, 5.41) is 2.93. The number of unbranched alkanes of at least 4 members (excludes halogenated alkanes) is 5. The molecule has 0 heterocycles. The normalized spacial score (nSPS) is 10.5. The number of amides is 1. The van der Waals surface area contributed by atoms with Crippen LogP contribution in [0.4, 0.5) is 5.69 Å². The maximum Gasteiger partial charge on any atom is 0.251 e. The van der Waals surface area contributed by atoms with Crippen molar-refractivity contribution in [3.8, 4) is 5.75 Å². The summed E-state index contributed by atoms with van der Waals surface area (Å²) in [7, 11) is 0. The number of carbonyl (C=O) groups is 1. The monoisotopic (exact) mass is 306 g/mol. The zero-order valence-corrected chi connectivity index (χ0v) is 14.0. The van der Waals surface area contributed by atoms with Crippen molar-refractivity contribution >= 4 is 11.6 Å². The molecule has 0 saturated carbocycles. The highest BCUT2D eigenvalue weighted by Gasteiger charge is 2.08. The Hall–Kier alpha value is -1.71. The zero-order valence-electron chi connectivity index (χ0n) is 14.0. The topological polar surface area (TPSA) is 64.3 Å². The Morgan fingerprint density at radius 2 is 1.82 bits per heavy atom. The molecule has 0 bridgehead atoms. The number of rotatable bonds is 11. The van der Waals surface area contributed by atoms with E-state index in [1.165, 1.54) is 12.8 Å². The molecular weight excluding hydrogens is 276 g/mol. The first-order valence-corrected chi connectivity index (χ1v) is 8.49. The Balaban J connectivity index is 2.41. The minimum atomic E-state index is -0.0688. The van der Waals surface area contributed by atoms with Crippen molar-refractivity contribution in [1.82, 2.24) is 5.32 Å². The molecule has 0 aliphatic rings. The standard InChI is InChI=1S/C18H30N2O2/c1-3-5-7-8-12-20-18(21)15-10-11-17(16(19)14-15)22-13-9-6-4-2/h10-11,14H,3-9,12-13,19H2,1-2H3,(H,20,21). The molecule has 0 spiro atoms. The van der Waals surface area contributed by atoms with Crippen LogP contribution in [0.3, 0.4) is 0 Å². The summed E-state index contributed by atoms with van der Waals surface area (Å²) in [5.74, 6) is 0.594. The third-order valence-electron chi connectivity index (χ3n) is 3.59. The summed E-state index contributed by atoms with van der Waals surface area (Å²) in [5.41, 5.74) is 7.08. The molecular formula is C18H30N2O2. The number of anilines is 1. The summed E-state index contributed by atoms with van der Waals surface area (Å²) in [6, 6.07) is 5.25. The Morgan fingerprint density at radius 1 is 1.09 bits per heavy atom. The maximum absolute atomic E-state index is 12.0. The minimum absolute atomic E-state index is 0.0688. The van der Waals surface area contributed by atoms with Crippen molar-refractivity contribution in [3.05, 3.63) is 23.8 Å². The molecule has 0 aromatic heterocycles. The molecule has 0 unspecified atom stereocenters. The van der Waals surface area contributed by atoms with Crippen LogP contribution in [0.1, 0.15) is 69.2 Å². The van der Waals surface area contributed by atoms with Gasteiger partial charge in [-0.3, -0.25) is 4.79 Å². The van der Waals surface area contributed by atoms with Gasteiger partial charge in [0.2, 0.25) is 0 Å². The number of hydrogen-bond donors (Lipinski definition) is 2. The van der Waals surface area contributed by atoms with Crippen molar-refractivity contribution < 1.29 is 9.53 Å². The van der Waals surface area contributed by atoms with Gasteiger partial charge in [0, 0.05) is 12.1 Å². The first-order chi connectivity index (χ1) is 10.7. The summed E-state index contributed by atoms with van der Waals surface area (Å²) in [6.07, 6.45) is 7.93. The fourth-order valence-corrected chi connectivity index (χ4v) is 2.21. The largest absolute Gasteiger partial charge is 0.491 e. The number of carbonyl (C=O) groups excluding carboxylic acids is 1. The van der Waals surface area contributed by atoms with Crippen molar-refractivity contribution in [2.24, 2.45) is 0 Å². The van der Waals surface area contributed by atoms with Gasteiger partial charge in [0.15, 0.2) is 0 Å². The van der Waals surface area contributed by atoms with Gasteiger partial charge >= 0.3 is 0 Å². The van der Waals surface area contributed by atoms with Crippen LogP contribution in [0, 0.1) is 0 Å². The third kappa shape index (κ3) is 6.83. The van der Waals surface area contributed by atoms with Crippen molar-refractivity contribution in [2.75, 3.05) is 18.9 Å². The zero-order chi connectivity index (χ0) is 16.2. The summed E-state index contributed by atoms with van der Waals surface area (Å²) < 4.78 is 5.64. The van der Waals surface area contributed by atoms with E-state index in [9.17, 15) is 4.79 Å². The highest BCUT2D eigenvalue weighted by Crippen LogP contribution is 2.22. The molecule has 3 N–H and O–H groups in total. The third-order valence-corrected chi connectivity index (χ3v) is 3.59. The average Bonchev–Trinajstić information content (AvgIpc) is 2.52. The lowest BCUT2D eigenvalue weighted by Crippen LogP contribution is -2.24. The molecule has 4 nitrogen and oxygen atoms in total. The lowest BCUT2D eigenvalue weighted by atomic mass is 10.1. The van der Waals surface area contributed by atoms with Crippen LogP contribution in [0.5, 0.6) is 5.75 Å². The second kappa shape index (κ2) is 10.9. The van der Waals surface area contributed by atoms with E-state index in [0.29, 0.717) is 30.2 Å². The Morgan fingerprint density at radius 3 is 2.50 bits per heavy atom. The Bertz CT molecular complexity index is 447. The smallest absolute Gasteiger partial charge is 0.251 e. The van der Waals surface area contributed by atoms with Gasteiger partial charge in [-0.25, -0.2) is 0 Å². The fraction of sp³-hybridized carbons (Fsp3) is 0.611. The van der Waals surface area contributed by atoms with E-state index < -0.39 is 0 Å². The summed E-state index contributed by atoms with van der Waals surface area (Å²) in [6.45, 7) is 5.71. The second-order valence-corrected chi connectivity index (χ2v) is 5.62. The van der Waals surface area contributed by atoms with Gasteiger partial charge in [0.05, 0.1) is 12.3 Å². The molecule has 4 heteroatoms. The van der Waals surface area contributed by atoms with Gasteiger partial charge < -0.3 is 15.8 Å². The summed E-state index contributed by atoms with van der Waals surface area (Å²) in [4.78, 5) is 12.0. The van der Waals surface area contributed by atoms with E-state index in [1.54, 1.807) is 18.2 Å². The predicted octanol–water partition coefficient (Wildman–Crippen LogP) is 4.15. The molecule has 0 saturated heterocycles. The van der Waals surface area contributed by atoms with Crippen LogP contribution in [-0.4, -0.2) is 19.1 Å². The minimum Gasteiger partial charge on any atom is -0.491 e. The Labute approximate surface area is 134 Å². The van der Waals surface area contributed by atoms with E-state index in [2.05, 4.69) is 19.2 Å². The highest BCUT2D eigenvalue weighted by molar-refractivity contribution is 5.95.